The number of hydrogen-bond acceptors (Lipinski definition) is 3. The van der Waals surface area contributed by atoms with Crippen molar-refractivity contribution in [2.45, 2.75) is 13.3 Å². The molecule has 1 saturated heterocycles. The minimum absolute atomic E-state index is 0.353. The number of carbonyl (C=O) groups is 2. The van der Waals surface area contributed by atoms with Gasteiger partial charge < -0.3 is 15.2 Å². The number of nitrogens with zero attached hydrogens (tertiary/aromatic N) is 1. The van der Waals surface area contributed by atoms with E-state index in [2.05, 4.69) is 27.3 Å². The smallest absolute Gasteiger partial charge is 0.292 e. The standard InChI is InChI=1S/C22H23N3O2/c1-15-20(18-9-5-6-10-19(18)24-15)21(26)22(27)23-13-16-11-12-25(14-16)17-7-3-2-4-8-17/h2-10,16,24H,11-14H2,1H3,(H,23,27). The van der Waals surface area contributed by atoms with Gasteiger partial charge in [0.2, 0.25) is 0 Å². The number of hydrogen-bond donors (Lipinski definition) is 2. The van der Waals surface area contributed by atoms with Gasteiger partial charge in [0.05, 0.1) is 5.56 Å². The second-order valence-corrected chi connectivity index (χ2v) is 7.15. The Labute approximate surface area is 158 Å². The van der Waals surface area contributed by atoms with Gasteiger partial charge in [-0.1, -0.05) is 36.4 Å². The zero-order chi connectivity index (χ0) is 18.8. The van der Waals surface area contributed by atoms with Crippen LogP contribution in [0.5, 0.6) is 0 Å². The number of benzene rings is 2. The van der Waals surface area contributed by atoms with Crippen LogP contribution in [0.4, 0.5) is 5.69 Å². The molecule has 138 valence electrons. The van der Waals surface area contributed by atoms with Crippen molar-refractivity contribution in [2.24, 2.45) is 5.92 Å². The zero-order valence-corrected chi connectivity index (χ0v) is 15.4. The first-order valence-electron chi connectivity index (χ1n) is 9.33. The Morgan fingerprint density at radius 2 is 1.85 bits per heavy atom. The van der Waals surface area contributed by atoms with Crippen LogP contribution in [-0.2, 0) is 4.79 Å². The third-order valence-electron chi connectivity index (χ3n) is 5.29. The van der Waals surface area contributed by atoms with Crippen LogP contribution in [0.3, 0.4) is 0 Å². The third-order valence-corrected chi connectivity index (χ3v) is 5.29. The monoisotopic (exact) mass is 361 g/mol. The Balaban J connectivity index is 1.38. The van der Waals surface area contributed by atoms with Crippen molar-refractivity contribution in [1.82, 2.24) is 10.3 Å². The molecule has 2 N–H and O–H groups in total. The van der Waals surface area contributed by atoms with E-state index in [0.29, 0.717) is 18.0 Å². The third kappa shape index (κ3) is 3.45. The number of nitrogens with one attached hydrogen (secondary N) is 2. The molecule has 5 nitrogen and oxygen atoms in total. The summed E-state index contributed by atoms with van der Waals surface area (Å²) in [5, 5.41) is 3.65. The van der Waals surface area contributed by atoms with E-state index in [4.69, 9.17) is 0 Å². The summed E-state index contributed by atoms with van der Waals surface area (Å²) >= 11 is 0. The fraction of sp³-hybridized carbons (Fsp3) is 0.273. The quantitative estimate of drug-likeness (QED) is 0.541. The van der Waals surface area contributed by atoms with Crippen molar-refractivity contribution >= 4 is 28.3 Å². The summed E-state index contributed by atoms with van der Waals surface area (Å²) in [5.74, 6) is -0.644. The SMILES string of the molecule is Cc1[nH]c2ccccc2c1C(=O)C(=O)NCC1CCN(c2ccccc2)C1. The number of H-pyrrole nitrogens is 1. The molecule has 1 aromatic heterocycles. The molecule has 5 heteroatoms. The molecule has 0 saturated carbocycles. The van der Waals surface area contributed by atoms with Gasteiger partial charge in [0, 0.05) is 41.9 Å². The number of aromatic amines is 1. The molecule has 3 aromatic rings. The molecule has 2 heterocycles. The highest BCUT2D eigenvalue weighted by Gasteiger charge is 2.26. The van der Waals surface area contributed by atoms with Crippen molar-refractivity contribution in [3.63, 3.8) is 0 Å². The molecule has 1 atom stereocenters. The van der Waals surface area contributed by atoms with Gasteiger partial charge in [0.25, 0.3) is 11.7 Å². The van der Waals surface area contributed by atoms with E-state index in [9.17, 15) is 9.59 Å². The first-order chi connectivity index (χ1) is 13.1. The van der Waals surface area contributed by atoms with Crippen molar-refractivity contribution in [3.05, 3.63) is 65.9 Å². The van der Waals surface area contributed by atoms with E-state index in [1.807, 2.05) is 49.4 Å². The molecule has 1 aliphatic heterocycles. The van der Waals surface area contributed by atoms with Crippen LogP contribution in [0.25, 0.3) is 10.9 Å². The summed E-state index contributed by atoms with van der Waals surface area (Å²) in [7, 11) is 0. The molecule has 1 fully saturated rings. The molecule has 1 amide bonds. The number of carbonyl (C=O) groups excluding carboxylic acids is 2. The molecule has 0 radical (unpaired) electrons. The molecule has 27 heavy (non-hydrogen) atoms. The number of ketones is 1. The molecule has 0 bridgehead atoms. The Kier molecular flexibility index (Phi) is 4.67. The van der Waals surface area contributed by atoms with Gasteiger partial charge in [-0.2, -0.15) is 0 Å². The summed E-state index contributed by atoms with van der Waals surface area (Å²) < 4.78 is 0. The van der Waals surface area contributed by atoms with Gasteiger partial charge in [-0.15, -0.1) is 0 Å². The van der Waals surface area contributed by atoms with Crippen LogP contribution >= 0.6 is 0 Å². The Morgan fingerprint density at radius 1 is 1.11 bits per heavy atom. The topological polar surface area (TPSA) is 65.2 Å². The highest BCUT2D eigenvalue weighted by atomic mass is 16.2. The number of fused-ring (bicyclic) bond motifs is 1. The van der Waals surface area contributed by atoms with E-state index < -0.39 is 11.7 Å². The van der Waals surface area contributed by atoms with E-state index in [0.717, 1.165) is 36.1 Å². The molecule has 0 aliphatic carbocycles. The maximum absolute atomic E-state index is 12.7. The van der Waals surface area contributed by atoms with Gasteiger partial charge in [0.15, 0.2) is 0 Å². The van der Waals surface area contributed by atoms with E-state index in [-0.39, 0.29) is 0 Å². The van der Waals surface area contributed by atoms with E-state index >= 15 is 0 Å². The number of aryl methyl sites for hydroxylation is 1. The lowest BCUT2D eigenvalue weighted by molar-refractivity contribution is -0.117. The average Bonchev–Trinajstić information content (AvgIpc) is 3.30. The van der Waals surface area contributed by atoms with Gasteiger partial charge >= 0.3 is 0 Å². The minimum atomic E-state index is -0.527. The average molecular weight is 361 g/mol. The molecule has 4 rings (SSSR count). The fourth-order valence-electron chi connectivity index (χ4n) is 3.87. The normalized spacial score (nSPS) is 16.6. The van der Waals surface area contributed by atoms with Crippen LogP contribution < -0.4 is 10.2 Å². The molecule has 1 aliphatic rings. The second kappa shape index (κ2) is 7.27. The molecule has 0 spiro atoms. The van der Waals surface area contributed by atoms with Crippen LogP contribution in [0, 0.1) is 12.8 Å². The van der Waals surface area contributed by atoms with Crippen LogP contribution in [-0.4, -0.2) is 36.3 Å². The maximum atomic E-state index is 12.7. The molecule has 2 aromatic carbocycles. The number of rotatable bonds is 5. The van der Waals surface area contributed by atoms with Crippen LogP contribution in [0.1, 0.15) is 22.5 Å². The van der Waals surface area contributed by atoms with Crippen LogP contribution in [0.15, 0.2) is 54.6 Å². The van der Waals surface area contributed by atoms with Crippen molar-refractivity contribution < 1.29 is 9.59 Å². The lowest BCUT2D eigenvalue weighted by Gasteiger charge is -2.18. The zero-order valence-electron chi connectivity index (χ0n) is 15.4. The Bertz CT molecular complexity index is 978. The number of amides is 1. The summed E-state index contributed by atoms with van der Waals surface area (Å²) in [6, 6.07) is 17.8. The van der Waals surface area contributed by atoms with Gasteiger partial charge in [0.1, 0.15) is 0 Å². The molecular formula is C22H23N3O2. The molecule has 1 unspecified atom stereocenters. The van der Waals surface area contributed by atoms with Gasteiger partial charge in [-0.25, -0.2) is 0 Å². The summed E-state index contributed by atoms with van der Waals surface area (Å²) in [4.78, 5) is 30.6. The first-order valence-corrected chi connectivity index (χ1v) is 9.33. The predicted molar refractivity (Wildman–Crippen MR) is 107 cm³/mol. The number of para-hydroxylation sites is 2. The summed E-state index contributed by atoms with van der Waals surface area (Å²) in [6.07, 6.45) is 1.01. The Morgan fingerprint density at radius 3 is 2.67 bits per heavy atom. The fourth-order valence-corrected chi connectivity index (χ4v) is 3.87. The van der Waals surface area contributed by atoms with Crippen molar-refractivity contribution in [2.75, 3.05) is 24.5 Å². The highest BCUT2D eigenvalue weighted by Crippen LogP contribution is 2.24. The number of anilines is 1. The van der Waals surface area contributed by atoms with Crippen molar-refractivity contribution in [3.8, 4) is 0 Å². The van der Waals surface area contributed by atoms with Crippen LogP contribution in [0.2, 0.25) is 0 Å². The maximum Gasteiger partial charge on any atom is 0.292 e. The van der Waals surface area contributed by atoms with Crippen molar-refractivity contribution in [1.29, 1.82) is 0 Å². The second-order valence-electron chi connectivity index (χ2n) is 7.15. The lowest BCUT2D eigenvalue weighted by Crippen LogP contribution is -2.35. The first kappa shape index (κ1) is 17.3. The largest absolute Gasteiger partial charge is 0.371 e. The van der Waals surface area contributed by atoms with Gasteiger partial charge in [-0.05, 0) is 37.5 Å². The van der Waals surface area contributed by atoms with E-state index in [1.165, 1.54) is 5.69 Å². The predicted octanol–water partition coefficient (Wildman–Crippen LogP) is 3.30. The summed E-state index contributed by atoms with van der Waals surface area (Å²) in [5.41, 5.74) is 3.28. The number of Topliss-reactive ketones (excluding diaryl/α,β-unsaturated/α-hetero) is 1. The summed E-state index contributed by atoms with van der Waals surface area (Å²) in [6.45, 7) is 4.22. The minimum Gasteiger partial charge on any atom is -0.371 e. The Hall–Kier alpha value is -3.08. The molecular weight excluding hydrogens is 338 g/mol. The van der Waals surface area contributed by atoms with E-state index in [1.54, 1.807) is 0 Å². The highest BCUT2D eigenvalue weighted by molar-refractivity contribution is 6.45. The number of aromatic nitrogens is 1. The lowest BCUT2D eigenvalue weighted by atomic mass is 10.1. The van der Waals surface area contributed by atoms with Gasteiger partial charge in [-0.3, -0.25) is 9.59 Å².